The number of carboxylic acid groups (broad SMARTS) is 3. The number of amides is 1. The number of hydrogen-bond donors (Lipinski definition) is 3. The van der Waals surface area contributed by atoms with Crippen LogP contribution >= 0.6 is 34.0 Å². The lowest BCUT2D eigenvalue weighted by atomic mass is 9.83. The number of hydrogen-bond acceptors (Lipinski definition) is 27. The Balaban J connectivity index is 0.000000143. The van der Waals surface area contributed by atoms with Crippen LogP contribution in [0.1, 0.15) is 158 Å². The number of ether oxygens (including phenoxy) is 6. The molecule has 6 aliphatic rings. The highest BCUT2D eigenvalue weighted by atomic mass is 32.1. The van der Waals surface area contributed by atoms with Crippen molar-refractivity contribution in [3.8, 4) is 49.6 Å². The summed E-state index contributed by atoms with van der Waals surface area (Å²) in [6.45, 7) is 16.5. The molecular weight excluding hydrogens is 1730 g/mol. The fourth-order valence-electron chi connectivity index (χ4n) is 19.9. The number of methoxy groups -OCH3 is 3. The fourth-order valence-corrected chi connectivity index (χ4v) is 23.7. The van der Waals surface area contributed by atoms with Gasteiger partial charge in [-0.05, 0) is 169 Å². The summed E-state index contributed by atoms with van der Waals surface area (Å²) in [5.74, 6) is -0.615. The van der Waals surface area contributed by atoms with Gasteiger partial charge >= 0.3 is 35.0 Å². The van der Waals surface area contributed by atoms with Crippen molar-refractivity contribution in [1.29, 1.82) is 0 Å². The Bertz CT molecular complexity index is 6690. The van der Waals surface area contributed by atoms with E-state index in [0.717, 1.165) is 76.3 Å². The minimum Gasteiger partial charge on any atom is -0.496 e. The Morgan fingerprint density at radius 1 is 0.462 bits per heavy atom. The highest BCUT2D eigenvalue weighted by Crippen LogP contribution is 2.48. The number of para-hydroxylation sites is 3. The molecule has 0 radical (unpaired) electrons. The van der Waals surface area contributed by atoms with Crippen LogP contribution in [0.3, 0.4) is 0 Å². The predicted octanol–water partition coefficient (Wildman–Crippen LogP) is 12.4. The Hall–Kier alpha value is -11.7. The number of nitrogens with zero attached hydrogens (tertiary/aromatic N) is 12. The third-order valence-electron chi connectivity index (χ3n) is 27.2. The van der Waals surface area contributed by atoms with E-state index >= 15 is 0 Å². The summed E-state index contributed by atoms with van der Waals surface area (Å²) in [4.78, 5) is 156. The van der Waals surface area contributed by atoms with E-state index in [1.165, 1.54) is 133 Å². The normalized spacial score (nSPS) is 21.0. The fraction of sp³-hybridized carbons (Fsp3) is 0.473. The Kier molecular flexibility index (Phi) is 25.5. The average molecular weight is 1840 g/mol. The number of fused-ring (bicyclic) bond motifs is 9. The molecule has 11 atom stereocenters. The van der Waals surface area contributed by atoms with Gasteiger partial charge in [-0.1, -0.05) is 61.0 Å². The van der Waals surface area contributed by atoms with Crippen molar-refractivity contribution in [2.24, 2.45) is 11.8 Å². The number of aliphatic carboxylic acids is 3. The van der Waals surface area contributed by atoms with E-state index in [-0.39, 0.29) is 72.0 Å². The zero-order chi connectivity index (χ0) is 92.8. The van der Waals surface area contributed by atoms with Gasteiger partial charge in [0.15, 0.2) is 0 Å². The second-order valence-electron chi connectivity index (χ2n) is 36.0. The molecule has 9 aromatic heterocycles. The third-order valence-corrected chi connectivity index (χ3v) is 31.1. The summed E-state index contributed by atoms with van der Waals surface area (Å²) in [5, 5.41) is 30.9. The maximum absolute atomic E-state index is 14.3. The van der Waals surface area contributed by atoms with Crippen molar-refractivity contribution in [2.75, 3.05) is 48.5 Å². The van der Waals surface area contributed by atoms with Gasteiger partial charge in [0.05, 0.1) is 109 Å². The lowest BCUT2D eigenvalue weighted by molar-refractivity contribution is -0.146. The lowest BCUT2D eigenvalue weighted by Gasteiger charge is -2.47. The zero-order valence-electron chi connectivity index (χ0n) is 74.9. The van der Waals surface area contributed by atoms with Crippen LogP contribution in [0.5, 0.6) is 17.2 Å². The SMILES string of the molecule is COc1ccccc1C(Cn1c(=O)n(C(C)(C)C(=O)O)c(=O)c2c(C)c(-c3ncco3)sc21)OC1CC2CC1CN2C.COc1ccccc1C(Cn1c(=O)n(C(C)(C)C(=O)O)c(=O)c2c(C)c(-c3ncco3)sc21)OC1CC2CC1CN2C(C)=O.COc1ccccc1C(Cn1c(=O)n(C(C)(C)C(=O)O)c(=O)c2c(C)c(-c3ncco3)sc21)OC1CC2CCCC(C1)N2C. The van der Waals surface area contributed by atoms with Crippen LogP contribution in [0.15, 0.2) is 152 Å². The summed E-state index contributed by atoms with van der Waals surface area (Å²) in [5.41, 5.74) is -5.80. The van der Waals surface area contributed by atoms with Crippen molar-refractivity contribution in [3.63, 3.8) is 0 Å². The van der Waals surface area contributed by atoms with E-state index in [4.69, 9.17) is 41.7 Å². The molecule has 13 heterocycles. The summed E-state index contributed by atoms with van der Waals surface area (Å²) < 4.78 is 61.2. The molecule has 18 rings (SSSR count). The molecule has 4 saturated heterocycles. The van der Waals surface area contributed by atoms with Gasteiger partial charge in [0, 0.05) is 66.8 Å². The van der Waals surface area contributed by atoms with Crippen LogP contribution in [-0.2, 0) is 69.6 Å². The second kappa shape index (κ2) is 36.2. The van der Waals surface area contributed by atoms with Crippen LogP contribution in [0.2, 0.25) is 0 Å². The van der Waals surface area contributed by atoms with Gasteiger partial charge in [-0.25, -0.2) is 57.4 Å². The molecule has 34 nitrogen and oxygen atoms in total. The van der Waals surface area contributed by atoms with Crippen molar-refractivity contribution in [2.45, 2.75) is 224 Å². The van der Waals surface area contributed by atoms with Crippen molar-refractivity contribution < 1.29 is 76.2 Å². The molecule has 4 aliphatic heterocycles. The van der Waals surface area contributed by atoms with Crippen LogP contribution in [0, 0.1) is 32.6 Å². The van der Waals surface area contributed by atoms with E-state index in [2.05, 4.69) is 38.8 Å². The summed E-state index contributed by atoms with van der Waals surface area (Å²) in [7, 11) is 9.07. The van der Waals surface area contributed by atoms with E-state index in [1.54, 1.807) is 49.0 Å². The molecule has 2 aliphatic carbocycles. The average Bonchev–Trinajstić information content (AvgIpc) is 1.54. The first-order valence-corrected chi connectivity index (χ1v) is 45.8. The Labute approximate surface area is 757 Å². The maximum atomic E-state index is 14.3. The summed E-state index contributed by atoms with van der Waals surface area (Å²) in [6.07, 6.45) is 15.3. The van der Waals surface area contributed by atoms with Crippen LogP contribution in [-0.4, -0.2) is 187 Å². The Morgan fingerprint density at radius 2 is 0.792 bits per heavy atom. The van der Waals surface area contributed by atoms with Crippen LogP contribution < -0.4 is 48.0 Å². The largest absolute Gasteiger partial charge is 0.496 e. The highest BCUT2D eigenvalue weighted by Gasteiger charge is 2.50. The number of likely N-dealkylation sites (tertiary alicyclic amines) is 2. The predicted molar refractivity (Wildman–Crippen MR) is 486 cm³/mol. The van der Waals surface area contributed by atoms with E-state index in [1.807, 2.05) is 77.7 Å². The quantitative estimate of drug-likeness (QED) is 0.0430. The number of carboxylic acids is 3. The molecule has 6 fully saturated rings. The van der Waals surface area contributed by atoms with Crippen LogP contribution in [0.4, 0.5) is 0 Å². The molecule has 3 aromatic carbocycles. The smallest absolute Gasteiger partial charge is 0.333 e. The minimum absolute atomic E-state index is 0.0124. The van der Waals surface area contributed by atoms with Crippen LogP contribution in [0.25, 0.3) is 63.0 Å². The molecule has 3 N–H and O–H groups in total. The number of benzene rings is 3. The topological polar surface area (TPSA) is 404 Å². The molecule has 6 bridgehead atoms. The van der Waals surface area contributed by atoms with Gasteiger partial charge in [0.2, 0.25) is 23.6 Å². The number of carbonyl (C=O) groups is 4. The zero-order valence-corrected chi connectivity index (χ0v) is 77.4. The molecule has 0 spiro atoms. The van der Waals surface area contributed by atoms with E-state index in [0.29, 0.717) is 123 Å². The molecule has 130 heavy (non-hydrogen) atoms. The summed E-state index contributed by atoms with van der Waals surface area (Å²) >= 11 is 3.63. The van der Waals surface area contributed by atoms with E-state index in [9.17, 15) is 63.3 Å². The molecule has 11 unspecified atom stereocenters. The van der Waals surface area contributed by atoms with Gasteiger partial charge < -0.3 is 71.7 Å². The molecular formula is C93H106N12O22S3. The molecule has 2 saturated carbocycles. The molecule has 688 valence electrons. The molecule has 1 amide bonds. The van der Waals surface area contributed by atoms with E-state index < -0.39 is 86.6 Å². The number of carbonyl (C=O) groups excluding carboxylic acids is 1. The van der Waals surface area contributed by atoms with Gasteiger partial charge in [0.25, 0.3) is 16.7 Å². The van der Waals surface area contributed by atoms with Gasteiger partial charge in [-0.3, -0.25) is 32.9 Å². The van der Waals surface area contributed by atoms with Gasteiger partial charge in [-0.15, -0.1) is 34.0 Å². The lowest BCUT2D eigenvalue weighted by Crippen LogP contribution is -2.53. The second-order valence-corrected chi connectivity index (χ2v) is 39.0. The summed E-state index contributed by atoms with van der Waals surface area (Å²) in [6, 6.07) is 23.9. The number of oxazole rings is 3. The first-order valence-electron chi connectivity index (χ1n) is 43.3. The standard InChI is InChI=1S/C32H38N4O7S.C31H34N4O8S.C30H34N4O7S/c1-18-25-28(37)36(32(2,3)30(38)39)31(40)35(29(25)44-26(18)27-33-13-14-42-27)17-24(22-11-6-7-12-23(22)41-5)43-21-15-19-9-8-10-20(16-21)34(19)4;1-16-24-27(37)35(31(3,4)29(38)39)30(40)34(28(24)44-25(16)26-32-10-11-42-26)15-23(20-8-6-7-9-21(20)41-5)43-22-13-19-12-18(22)14-33(19)17(2)36;1-16-23-26(35)34(30(2,3)28(36)37)29(38)33(27(23)42-24(16)25-31-10-11-40-25)15-22(19-8-6-7-9-20(19)39-5)41-21-13-18-12-17(21)14-32(18)4/h6-7,11-14,19-21,24H,8-10,15-17H2,1-5H3,(H,38,39);6-11,18-19,22-23H,12-15H2,1-5H3,(H,38,39);6-11,17-18,21-22H,12-15H2,1-5H3,(H,36,37). The number of rotatable bonds is 27. The number of aromatic nitrogens is 9. The first-order chi connectivity index (χ1) is 62.0. The Morgan fingerprint density at radius 3 is 1.08 bits per heavy atom. The third kappa shape index (κ3) is 16.5. The monoisotopic (exact) mass is 1840 g/mol. The minimum atomic E-state index is -1.84. The van der Waals surface area contributed by atoms with Crippen molar-refractivity contribution >= 4 is 88.5 Å². The van der Waals surface area contributed by atoms with Crippen molar-refractivity contribution in [3.05, 3.63) is 206 Å². The van der Waals surface area contributed by atoms with Gasteiger partial charge in [-0.2, -0.15) is 0 Å². The number of thiophene rings is 3. The first kappa shape index (κ1) is 91.6. The molecule has 37 heteroatoms. The number of piperidine rings is 4. The number of aryl methyl sites for hydroxylation is 3. The highest BCUT2D eigenvalue weighted by molar-refractivity contribution is 7.22. The molecule has 12 aromatic rings. The van der Waals surface area contributed by atoms with Crippen molar-refractivity contribution in [1.82, 2.24) is 57.1 Å². The maximum Gasteiger partial charge on any atom is 0.333 e. The van der Waals surface area contributed by atoms with Gasteiger partial charge in [0.1, 0.15) is 85.5 Å².